The number of pyridine rings is 1. The maximum atomic E-state index is 13.2. The van der Waals surface area contributed by atoms with E-state index in [1.54, 1.807) is 0 Å². The first-order valence-corrected chi connectivity index (χ1v) is 6.02. The van der Waals surface area contributed by atoms with E-state index < -0.39 is 35.3 Å². The fourth-order valence-electron chi connectivity index (χ4n) is 1.36. The first kappa shape index (κ1) is 16.6. The number of aliphatic hydroxyl groups is 1. The Morgan fingerprint density at radius 1 is 1.10 bits per heavy atom. The Hall–Kier alpha value is -1.41. The number of halogens is 4. The summed E-state index contributed by atoms with van der Waals surface area (Å²) in [5.74, 6) is -6.51. The Morgan fingerprint density at radius 3 is 2.15 bits per heavy atom. The van der Waals surface area contributed by atoms with E-state index in [9.17, 15) is 22.7 Å². The van der Waals surface area contributed by atoms with Gasteiger partial charge in [0.05, 0.1) is 12.7 Å². The molecule has 0 aliphatic carbocycles. The first-order chi connectivity index (χ1) is 9.32. The van der Waals surface area contributed by atoms with E-state index in [0.29, 0.717) is 6.61 Å². The van der Waals surface area contributed by atoms with Gasteiger partial charge in [-0.1, -0.05) is 13.8 Å². The van der Waals surface area contributed by atoms with Crippen LogP contribution in [-0.2, 0) is 4.74 Å². The summed E-state index contributed by atoms with van der Waals surface area (Å²) in [5, 5.41) is 11.6. The van der Waals surface area contributed by atoms with Crippen molar-refractivity contribution in [2.75, 3.05) is 25.1 Å². The molecular weight excluding hydrogens is 280 g/mol. The molecule has 1 rings (SSSR count). The number of aromatic nitrogens is 1. The molecule has 4 nitrogen and oxygen atoms in total. The van der Waals surface area contributed by atoms with Crippen LogP contribution >= 0.6 is 0 Å². The Balaban J connectivity index is 2.57. The summed E-state index contributed by atoms with van der Waals surface area (Å²) in [7, 11) is 0. The molecule has 2 N–H and O–H groups in total. The van der Waals surface area contributed by atoms with E-state index in [1.807, 2.05) is 13.8 Å². The van der Waals surface area contributed by atoms with Crippen LogP contribution in [0.2, 0.25) is 0 Å². The molecule has 8 heteroatoms. The van der Waals surface area contributed by atoms with Gasteiger partial charge in [-0.2, -0.15) is 22.5 Å². The Kier molecular flexibility index (Phi) is 6.15. The van der Waals surface area contributed by atoms with Crippen molar-refractivity contribution in [3.8, 4) is 0 Å². The van der Waals surface area contributed by atoms with Gasteiger partial charge in [-0.25, -0.2) is 0 Å². The minimum Gasteiger partial charge on any atom is -0.389 e. The number of rotatable bonds is 7. The van der Waals surface area contributed by atoms with E-state index in [0.717, 1.165) is 0 Å². The molecular formula is C12H16F4N2O2. The van der Waals surface area contributed by atoms with E-state index in [1.165, 1.54) is 0 Å². The minimum atomic E-state index is -1.75. The van der Waals surface area contributed by atoms with Crippen molar-refractivity contribution in [2.24, 2.45) is 5.92 Å². The van der Waals surface area contributed by atoms with Gasteiger partial charge in [-0.3, -0.25) is 0 Å². The third-order valence-electron chi connectivity index (χ3n) is 2.27. The molecule has 0 saturated carbocycles. The second-order valence-electron chi connectivity index (χ2n) is 4.66. The van der Waals surface area contributed by atoms with Crippen molar-refractivity contribution >= 4 is 5.69 Å². The Bertz CT molecular complexity index is 431. The topological polar surface area (TPSA) is 54.4 Å². The van der Waals surface area contributed by atoms with E-state index in [2.05, 4.69) is 10.3 Å². The monoisotopic (exact) mass is 296 g/mol. The second kappa shape index (κ2) is 7.39. The number of anilines is 1. The summed E-state index contributed by atoms with van der Waals surface area (Å²) >= 11 is 0. The van der Waals surface area contributed by atoms with Crippen LogP contribution in [0.3, 0.4) is 0 Å². The number of hydrogen-bond donors (Lipinski definition) is 2. The summed E-state index contributed by atoms with van der Waals surface area (Å²) in [4.78, 5) is 2.42. The average Bonchev–Trinajstić information content (AvgIpc) is 2.36. The predicted molar refractivity (Wildman–Crippen MR) is 64.2 cm³/mol. The molecule has 0 saturated heterocycles. The summed E-state index contributed by atoms with van der Waals surface area (Å²) < 4.78 is 57.2. The molecule has 1 atom stereocenters. The molecule has 1 aromatic heterocycles. The van der Waals surface area contributed by atoms with Crippen LogP contribution in [0.1, 0.15) is 13.8 Å². The maximum Gasteiger partial charge on any atom is 0.253 e. The van der Waals surface area contributed by atoms with Crippen LogP contribution in [0.25, 0.3) is 0 Å². The van der Waals surface area contributed by atoms with Crippen LogP contribution in [0.15, 0.2) is 0 Å². The molecule has 0 spiro atoms. The fourth-order valence-corrected chi connectivity index (χ4v) is 1.36. The third-order valence-corrected chi connectivity index (χ3v) is 2.27. The summed E-state index contributed by atoms with van der Waals surface area (Å²) in [6.45, 7) is 3.85. The standard InChI is InChI=1S/C12H16F4N2O2/c1-6(2)4-20-5-7(19)3-17-10-8(13)11(15)18-12(16)9(10)14/h6-7,19H,3-5H2,1-2H3,(H,17,18). The fraction of sp³-hybridized carbons (Fsp3) is 0.583. The zero-order chi connectivity index (χ0) is 15.3. The average molecular weight is 296 g/mol. The Labute approximate surface area is 113 Å². The SMILES string of the molecule is CC(C)COCC(O)CNc1c(F)c(F)nc(F)c1F. The molecule has 1 heterocycles. The highest BCUT2D eigenvalue weighted by atomic mass is 19.2. The molecule has 20 heavy (non-hydrogen) atoms. The van der Waals surface area contributed by atoms with Gasteiger partial charge in [0, 0.05) is 13.2 Å². The van der Waals surface area contributed by atoms with Gasteiger partial charge in [-0.05, 0) is 5.92 Å². The quantitative estimate of drug-likeness (QED) is 0.597. The molecule has 0 amide bonds. The van der Waals surface area contributed by atoms with Crippen LogP contribution in [-0.4, -0.2) is 36.0 Å². The lowest BCUT2D eigenvalue weighted by atomic mass is 10.2. The number of nitrogens with one attached hydrogen (secondary N) is 1. The lowest BCUT2D eigenvalue weighted by Crippen LogP contribution is -2.26. The zero-order valence-electron chi connectivity index (χ0n) is 11.1. The van der Waals surface area contributed by atoms with Crippen molar-refractivity contribution < 1.29 is 27.4 Å². The number of ether oxygens (including phenoxy) is 1. The third kappa shape index (κ3) is 4.61. The highest BCUT2D eigenvalue weighted by Gasteiger charge is 2.21. The van der Waals surface area contributed by atoms with Gasteiger partial charge in [0.15, 0.2) is 0 Å². The van der Waals surface area contributed by atoms with Crippen molar-refractivity contribution in [3.63, 3.8) is 0 Å². The first-order valence-electron chi connectivity index (χ1n) is 6.02. The smallest absolute Gasteiger partial charge is 0.253 e. The van der Waals surface area contributed by atoms with Gasteiger partial charge in [0.1, 0.15) is 5.69 Å². The van der Waals surface area contributed by atoms with E-state index in [4.69, 9.17) is 4.74 Å². The number of nitrogens with zero attached hydrogens (tertiary/aromatic N) is 1. The highest BCUT2D eigenvalue weighted by Crippen LogP contribution is 2.21. The maximum absolute atomic E-state index is 13.2. The normalized spacial score (nSPS) is 12.8. The lowest BCUT2D eigenvalue weighted by molar-refractivity contribution is 0.0317. The highest BCUT2D eigenvalue weighted by molar-refractivity contribution is 5.45. The summed E-state index contributed by atoms with van der Waals surface area (Å²) in [6, 6.07) is 0. The van der Waals surface area contributed by atoms with Crippen LogP contribution in [0.5, 0.6) is 0 Å². The van der Waals surface area contributed by atoms with Crippen molar-refractivity contribution in [2.45, 2.75) is 20.0 Å². The van der Waals surface area contributed by atoms with Gasteiger partial charge in [0.25, 0.3) is 11.9 Å². The minimum absolute atomic E-state index is 0.0650. The molecule has 0 aromatic carbocycles. The number of hydrogen-bond acceptors (Lipinski definition) is 4. The number of aliphatic hydroxyl groups excluding tert-OH is 1. The predicted octanol–water partition coefficient (Wildman–Crippen LogP) is 2.08. The largest absolute Gasteiger partial charge is 0.389 e. The second-order valence-corrected chi connectivity index (χ2v) is 4.66. The van der Waals surface area contributed by atoms with Crippen molar-refractivity contribution in [1.29, 1.82) is 0 Å². The zero-order valence-corrected chi connectivity index (χ0v) is 11.1. The van der Waals surface area contributed by atoms with E-state index >= 15 is 0 Å². The Morgan fingerprint density at radius 2 is 1.65 bits per heavy atom. The molecule has 1 unspecified atom stereocenters. The van der Waals surface area contributed by atoms with Crippen LogP contribution in [0, 0.1) is 29.4 Å². The molecule has 0 bridgehead atoms. The van der Waals surface area contributed by atoms with Gasteiger partial charge < -0.3 is 15.2 Å². The van der Waals surface area contributed by atoms with Gasteiger partial charge in [-0.15, -0.1) is 0 Å². The summed E-state index contributed by atoms with van der Waals surface area (Å²) in [5.41, 5.74) is -1.00. The molecule has 0 fully saturated rings. The molecule has 0 aliphatic heterocycles. The lowest BCUT2D eigenvalue weighted by Gasteiger charge is -2.15. The summed E-state index contributed by atoms with van der Waals surface area (Å²) in [6.07, 6.45) is -1.08. The van der Waals surface area contributed by atoms with Gasteiger partial charge >= 0.3 is 0 Å². The van der Waals surface area contributed by atoms with Crippen molar-refractivity contribution in [3.05, 3.63) is 23.5 Å². The molecule has 1 aromatic rings. The molecule has 0 aliphatic rings. The van der Waals surface area contributed by atoms with Crippen LogP contribution < -0.4 is 5.32 Å². The van der Waals surface area contributed by atoms with Crippen molar-refractivity contribution in [1.82, 2.24) is 4.98 Å². The van der Waals surface area contributed by atoms with E-state index in [-0.39, 0.29) is 19.1 Å². The van der Waals surface area contributed by atoms with Gasteiger partial charge in [0.2, 0.25) is 11.6 Å². The molecule has 114 valence electrons. The van der Waals surface area contributed by atoms with Crippen LogP contribution in [0.4, 0.5) is 23.2 Å². The molecule has 0 radical (unpaired) electrons.